The van der Waals surface area contributed by atoms with E-state index < -0.39 is 12.0 Å². The van der Waals surface area contributed by atoms with Gasteiger partial charge in [0.05, 0.1) is 106 Å². The summed E-state index contributed by atoms with van der Waals surface area (Å²) in [4.78, 5) is 106. The molecule has 0 aromatic rings. The molecule has 132 heavy (non-hydrogen) atoms. The van der Waals surface area contributed by atoms with E-state index >= 15 is 0 Å². The number of hydrogen-bond donors (Lipinski definition) is 13. The lowest BCUT2D eigenvalue weighted by atomic mass is 9.80. The van der Waals surface area contributed by atoms with Crippen molar-refractivity contribution in [2.24, 2.45) is 108 Å². The number of rotatable bonds is 21. The van der Waals surface area contributed by atoms with Crippen molar-refractivity contribution in [3.63, 3.8) is 0 Å². The zero-order chi connectivity index (χ0) is 103. The number of likely N-dealkylation sites (tertiary alicyclic amines) is 3. The summed E-state index contributed by atoms with van der Waals surface area (Å²) in [6.45, 7) is 78.0. The second kappa shape index (κ2) is 67.6. The average molecular weight is 1890 g/mol. The lowest BCUT2D eigenvalue weighted by Crippen LogP contribution is -2.51. The summed E-state index contributed by atoms with van der Waals surface area (Å²) in [5, 5.41) is 94.1. The molecule has 7 rings (SSSR count). The molecule has 27 nitrogen and oxygen atoms in total. The third-order valence-corrected chi connectivity index (χ3v) is 26.3. The number of aliphatic hydroxyl groups excluding tert-OH is 9. The Balaban J connectivity index is -0.000000703. The topological polar surface area (TPSA) is 386 Å². The van der Waals surface area contributed by atoms with Crippen LogP contribution in [0.25, 0.3) is 0 Å². The van der Waals surface area contributed by atoms with E-state index in [1.807, 2.05) is 232 Å². The van der Waals surface area contributed by atoms with Crippen molar-refractivity contribution in [1.29, 1.82) is 0 Å². The number of piperazine rings is 1. The van der Waals surface area contributed by atoms with Crippen LogP contribution < -0.4 is 21.4 Å². The van der Waals surface area contributed by atoms with Crippen molar-refractivity contribution in [3.05, 3.63) is 0 Å². The number of carbonyl (C=O) groups is 8. The van der Waals surface area contributed by atoms with E-state index in [9.17, 15) is 74.1 Å². The summed E-state index contributed by atoms with van der Waals surface area (Å²) >= 11 is 0. The molecule has 0 aromatic heterocycles. The summed E-state index contributed by atoms with van der Waals surface area (Å²) in [6.07, 6.45) is 21.3. The predicted octanol–water partition coefficient (Wildman–Crippen LogP) is 14.7. The molecule has 784 valence electrons. The number of aliphatic hydroxyl groups is 9. The third-order valence-electron chi connectivity index (χ3n) is 26.3. The molecule has 0 radical (unpaired) electrons. The quantitative estimate of drug-likeness (QED) is 0.0508. The number of hydrazine groups is 1. The number of hydrogen-bond acceptors (Lipinski definition) is 19. The molecule has 5 saturated heterocycles. The van der Waals surface area contributed by atoms with Gasteiger partial charge in [0.15, 0.2) is 0 Å². The van der Waals surface area contributed by atoms with Gasteiger partial charge in [0, 0.05) is 97.2 Å². The van der Waals surface area contributed by atoms with E-state index in [1.165, 1.54) is 51.4 Å². The average Bonchev–Trinajstić information content (AvgIpc) is 0.880. The van der Waals surface area contributed by atoms with Gasteiger partial charge in [-0.1, -0.05) is 254 Å². The Kier molecular flexibility index (Phi) is 68.4. The van der Waals surface area contributed by atoms with Crippen LogP contribution in [0.2, 0.25) is 0 Å². The molecule has 10 atom stereocenters. The van der Waals surface area contributed by atoms with Gasteiger partial charge in [-0.25, -0.2) is 5.01 Å². The lowest BCUT2D eigenvalue weighted by Gasteiger charge is -2.37. The highest BCUT2D eigenvalue weighted by molar-refractivity contribution is 5.83. The van der Waals surface area contributed by atoms with Crippen LogP contribution in [0.5, 0.6) is 0 Å². The van der Waals surface area contributed by atoms with Crippen molar-refractivity contribution < 1.29 is 84.3 Å². The van der Waals surface area contributed by atoms with E-state index in [-0.39, 0.29) is 191 Å². The minimum Gasteiger partial charge on any atom is -0.396 e. The second-order valence-corrected chi connectivity index (χ2v) is 46.3. The zero-order valence-electron chi connectivity index (χ0n) is 91.3. The molecular weight excluding hydrogens is 1670 g/mol. The minimum atomic E-state index is -0.557. The van der Waals surface area contributed by atoms with Crippen LogP contribution in [0.3, 0.4) is 0 Å². The Morgan fingerprint density at radius 2 is 0.553 bits per heavy atom. The van der Waals surface area contributed by atoms with Crippen LogP contribution in [0.1, 0.15) is 357 Å². The second-order valence-electron chi connectivity index (χ2n) is 46.3. The predicted molar refractivity (Wildman–Crippen MR) is 542 cm³/mol. The maximum atomic E-state index is 12.3. The molecule has 0 spiro atoms. The maximum Gasteiger partial charge on any atom is 0.240 e. The van der Waals surface area contributed by atoms with Crippen molar-refractivity contribution in [2.75, 3.05) is 145 Å². The molecule has 27 heteroatoms. The van der Waals surface area contributed by atoms with E-state index in [0.29, 0.717) is 18.0 Å². The molecule has 5 aliphatic heterocycles. The fourth-order valence-electron chi connectivity index (χ4n) is 16.4. The summed E-state index contributed by atoms with van der Waals surface area (Å²) in [7, 11) is 2.06. The van der Waals surface area contributed by atoms with Crippen LogP contribution in [0.15, 0.2) is 0 Å². The van der Waals surface area contributed by atoms with Gasteiger partial charge < -0.3 is 86.4 Å². The van der Waals surface area contributed by atoms with Crippen LogP contribution in [0.4, 0.5) is 0 Å². The molecule has 7 fully saturated rings. The first-order valence-corrected chi connectivity index (χ1v) is 51.4. The first-order chi connectivity index (χ1) is 61.1. The molecule has 2 aliphatic carbocycles. The van der Waals surface area contributed by atoms with Crippen LogP contribution in [-0.4, -0.2) is 286 Å². The fourth-order valence-corrected chi connectivity index (χ4v) is 16.4. The molecule has 7 aliphatic rings. The zero-order valence-corrected chi connectivity index (χ0v) is 91.3. The van der Waals surface area contributed by atoms with Crippen molar-refractivity contribution in [2.45, 2.75) is 376 Å². The number of nitrogens with one attached hydrogen (secondary N) is 4. The monoisotopic (exact) mass is 1890 g/mol. The van der Waals surface area contributed by atoms with E-state index in [4.69, 9.17) is 10.2 Å². The highest BCUT2D eigenvalue weighted by Gasteiger charge is 2.41. The van der Waals surface area contributed by atoms with Gasteiger partial charge in [0.25, 0.3) is 0 Å². The number of piperidine rings is 4. The summed E-state index contributed by atoms with van der Waals surface area (Å²) in [6, 6.07) is 0.646. The summed E-state index contributed by atoms with van der Waals surface area (Å²) in [5.74, 6) is -0.0738. The van der Waals surface area contributed by atoms with Crippen LogP contribution in [0, 0.1) is 108 Å². The first-order valence-electron chi connectivity index (χ1n) is 51.4. The van der Waals surface area contributed by atoms with E-state index in [0.717, 1.165) is 161 Å². The van der Waals surface area contributed by atoms with Crippen LogP contribution >= 0.6 is 0 Å². The molecule has 5 heterocycles. The highest BCUT2D eigenvalue weighted by Crippen LogP contribution is 2.36. The van der Waals surface area contributed by atoms with Gasteiger partial charge in [0.1, 0.15) is 0 Å². The number of carbonyl (C=O) groups excluding carboxylic acids is 8. The Morgan fingerprint density at radius 3 is 0.864 bits per heavy atom. The molecule has 8 amide bonds. The molecule has 2 saturated carbocycles. The third kappa shape index (κ3) is 54.6. The number of likely N-dealkylation sites (N-methyl/N-ethyl adjacent to an activating group) is 1. The smallest absolute Gasteiger partial charge is 0.240 e. The molecular formula is C105H212N10O17. The normalized spacial score (nSPS) is 20.7. The molecule has 10 unspecified atom stereocenters. The van der Waals surface area contributed by atoms with Gasteiger partial charge in [-0.2, -0.15) is 0 Å². The Bertz CT molecular complexity index is 2930. The number of amides is 8. The van der Waals surface area contributed by atoms with Crippen molar-refractivity contribution in [1.82, 2.24) is 50.9 Å². The maximum absolute atomic E-state index is 12.3. The molecule has 0 bridgehead atoms. The lowest BCUT2D eigenvalue weighted by molar-refractivity contribution is -0.143. The van der Waals surface area contributed by atoms with Gasteiger partial charge >= 0.3 is 0 Å². The van der Waals surface area contributed by atoms with Crippen LogP contribution in [-0.2, 0) is 38.4 Å². The van der Waals surface area contributed by atoms with Gasteiger partial charge in [-0.05, 0) is 171 Å². The van der Waals surface area contributed by atoms with E-state index in [2.05, 4.69) is 54.1 Å². The van der Waals surface area contributed by atoms with Gasteiger partial charge in [0.2, 0.25) is 47.3 Å². The standard InChI is InChI=1S/C14H27NO2.3C13H25NO2.2C12H24N2O2.C12H23NO2.C10H21NO3.3C2H6/c1-10-5-7-11(8-6-10)15-13(17)12(9-16)14(2,3)4;1-10-5-7-14(8-6-10)12(16)11(9-15)13(2,3)4;1-10-6-5-7-14(8-10)12(16)11(9-15)13(2,3)4;1-13(2,3)11(9-15)12(16)14-10-7-5-4-6-8-10;1-12(2,3)10(9-15)11(16)14-7-5-13(4)6-8-14;1-12(2,3)10(9-15)11(16)13-14-7-5-4-6-8-14;1-12(2,3)10(9-14)11(15)13-7-5-4-6-8-13;1-7(13)5-11-9(14)8(6-12)10(2,3)4;3*1-2/h10-12,16H,5-9H2,1-4H3,(H,15,17);2*10-11,15H,5-9H2,1-4H3;10-11,15H,4-9H2,1-3H3,(H,14,16);10,15H,5-9H2,1-4H3;10,15H,4-9H2,1-3H3,(H,13,16);10,14H,4-9H2,1-3H3;7-8,12-13H,5-6H2,1-4H3,(H,11,14);3*1-2H3. The summed E-state index contributed by atoms with van der Waals surface area (Å²) < 4.78 is 0. The molecule has 0 aromatic carbocycles. The van der Waals surface area contributed by atoms with Gasteiger partial charge in [-0.3, -0.25) is 43.8 Å². The van der Waals surface area contributed by atoms with Crippen molar-refractivity contribution in [3.8, 4) is 0 Å². The summed E-state index contributed by atoms with van der Waals surface area (Å²) in [5.41, 5.74) is 1.45. The Morgan fingerprint density at radius 1 is 0.288 bits per heavy atom. The molecule has 13 N–H and O–H groups in total. The fraction of sp³-hybridized carbons (Fsp3) is 0.924. The number of nitrogens with zero attached hydrogens (tertiary/aromatic N) is 6. The van der Waals surface area contributed by atoms with Crippen molar-refractivity contribution >= 4 is 47.3 Å². The Hall–Kier alpha value is -4.68. The largest absolute Gasteiger partial charge is 0.396 e. The highest BCUT2D eigenvalue weighted by atomic mass is 16.3. The first kappa shape index (κ1) is 134. The minimum absolute atomic E-state index is 0.0135. The van der Waals surface area contributed by atoms with Gasteiger partial charge in [-0.15, -0.1) is 0 Å². The Labute approximate surface area is 807 Å². The SMILES string of the molecule is CC.CC.CC.CC(C)(C)C(CO)C(=O)N1CCCCC1.CC(C)(C)C(CO)C(=O)NC1CCCCC1.CC(C)(C)C(CO)C(=O)NN1CCCCC1.CC(O)CNC(=O)C(CO)C(C)(C)C.CC1CCC(NC(=O)C(CO)C(C)(C)C)CC1.CC1CCCN(C(=O)C(CO)C(C)(C)C)C1.CC1CCN(C(=O)C(CO)C(C)(C)C)CC1.CN1CCN(C(=O)C(CO)C(C)(C)C)CC1. The van der Waals surface area contributed by atoms with E-state index in [1.54, 1.807) is 6.92 Å².